The van der Waals surface area contributed by atoms with Crippen molar-refractivity contribution in [1.82, 2.24) is 0 Å². The quantitative estimate of drug-likeness (QED) is 0.614. The van der Waals surface area contributed by atoms with Gasteiger partial charge in [-0.15, -0.1) is 0 Å². The van der Waals surface area contributed by atoms with Crippen LogP contribution < -0.4 is 0 Å². The van der Waals surface area contributed by atoms with E-state index in [0.717, 1.165) is 23.7 Å². The Morgan fingerprint density at radius 3 is 1.50 bits per heavy atom. The highest BCUT2D eigenvalue weighted by Gasteiger charge is 2.66. The average Bonchev–Trinajstić information content (AvgIpc) is 2.88. The standard InChI is InChI=1S/C16H12/c1-3-7-11-9(5-1)13-10-6-2-4-8-12(10)15-14(11)16(13)15/h1-8,13-16H/t13?,14-,15+,16?. The lowest BCUT2D eigenvalue weighted by molar-refractivity contribution is 0.750. The average molecular weight is 204 g/mol. The maximum Gasteiger partial charge on any atom is 0.0135 e. The van der Waals surface area contributed by atoms with Crippen LogP contribution in [-0.2, 0) is 0 Å². The normalized spacial score (nSPS) is 35.5. The van der Waals surface area contributed by atoms with Gasteiger partial charge in [0.25, 0.3) is 0 Å². The van der Waals surface area contributed by atoms with Gasteiger partial charge in [0, 0.05) is 5.92 Å². The van der Waals surface area contributed by atoms with Crippen LogP contribution in [-0.4, -0.2) is 0 Å². The molecular weight excluding hydrogens is 192 g/mol. The Morgan fingerprint density at radius 2 is 1.00 bits per heavy atom. The molecule has 1 saturated carbocycles. The maximum absolute atomic E-state index is 2.35. The summed E-state index contributed by atoms with van der Waals surface area (Å²) in [6, 6.07) is 18.2. The largest absolute Gasteiger partial charge is 0.0620 e. The van der Waals surface area contributed by atoms with E-state index in [1.165, 1.54) is 0 Å². The third-order valence-corrected chi connectivity index (χ3v) is 4.84. The fourth-order valence-electron chi connectivity index (χ4n) is 4.33. The zero-order chi connectivity index (χ0) is 10.3. The summed E-state index contributed by atoms with van der Waals surface area (Å²) in [5.41, 5.74) is 6.50. The van der Waals surface area contributed by atoms with E-state index in [4.69, 9.17) is 0 Å². The fraction of sp³-hybridized carbons (Fsp3) is 0.250. The molecule has 3 aliphatic carbocycles. The van der Waals surface area contributed by atoms with Crippen molar-refractivity contribution in [2.24, 2.45) is 5.92 Å². The lowest BCUT2D eigenvalue weighted by Gasteiger charge is -2.10. The van der Waals surface area contributed by atoms with Crippen LogP contribution in [0.1, 0.15) is 40.0 Å². The summed E-state index contributed by atoms with van der Waals surface area (Å²) in [4.78, 5) is 0. The van der Waals surface area contributed by atoms with Gasteiger partial charge in [0.2, 0.25) is 0 Å². The molecule has 2 aromatic rings. The molecule has 0 aromatic heterocycles. The van der Waals surface area contributed by atoms with Crippen molar-refractivity contribution < 1.29 is 0 Å². The number of hydrogen-bond acceptors (Lipinski definition) is 0. The summed E-state index contributed by atoms with van der Waals surface area (Å²) < 4.78 is 0. The van der Waals surface area contributed by atoms with Crippen LogP contribution in [0.2, 0.25) is 0 Å². The summed E-state index contributed by atoms with van der Waals surface area (Å²) in [6.07, 6.45) is 0. The highest BCUT2D eigenvalue weighted by atomic mass is 14.7. The minimum atomic E-state index is 0.724. The van der Waals surface area contributed by atoms with Crippen molar-refractivity contribution in [1.29, 1.82) is 0 Å². The molecule has 0 saturated heterocycles. The van der Waals surface area contributed by atoms with Crippen LogP contribution in [0, 0.1) is 5.92 Å². The first-order valence-corrected chi connectivity index (χ1v) is 6.14. The molecule has 76 valence electrons. The number of benzene rings is 2. The van der Waals surface area contributed by atoms with E-state index >= 15 is 0 Å². The van der Waals surface area contributed by atoms with Crippen LogP contribution in [0.3, 0.4) is 0 Å². The van der Waals surface area contributed by atoms with E-state index in [2.05, 4.69) is 48.5 Å². The lowest BCUT2D eigenvalue weighted by Crippen LogP contribution is -1.96. The predicted molar refractivity (Wildman–Crippen MR) is 63.7 cm³/mol. The minimum absolute atomic E-state index is 0.724. The summed E-state index contributed by atoms with van der Waals surface area (Å²) in [7, 11) is 0. The molecule has 16 heavy (non-hydrogen) atoms. The molecule has 0 radical (unpaired) electrons. The summed E-state index contributed by atoms with van der Waals surface area (Å²) in [5.74, 6) is 3.35. The third-order valence-electron chi connectivity index (χ3n) is 4.84. The second kappa shape index (κ2) is 2.24. The molecule has 0 nitrogen and oxygen atoms in total. The molecular formula is C16H12. The van der Waals surface area contributed by atoms with Crippen LogP contribution in [0.15, 0.2) is 48.5 Å². The molecule has 0 bridgehead atoms. The highest BCUT2D eigenvalue weighted by Crippen LogP contribution is 2.77. The minimum Gasteiger partial charge on any atom is -0.0620 e. The molecule has 5 rings (SSSR count). The highest BCUT2D eigenvalue weighted by molar-refractivity contribution is 5.63. The van der Waals surface area contributed by atoms with Crippen molar-refractivity contribution >= 4 is 0 Å². The molecule has 0 aliphatic heterocycles. The summed E-state index contributed by atoms with van der Waals surface area (Å²) in [5, 5.41) is 0. The lowest BCUT2D eigenvalue weighted by atomic mass is 9.93. The van der Waals surface area contributed by atoms with Gasteiger partial charge < -0.3 is 0 Å². The van der Waals surface area contributed by atoms with Crippen LogP contribution in [0.4, 0.5) is 0 Å². The molecule has 2 aromatic carbocycles. The Kier molecular flexibility index (Phi) is 1.08. The van der Waals surface area contributed by atoms with Crippen LogP contribution in [0.5, 0.6) is 0 Å². The van der Waals surface area contributed by atoms with Crippen LogP contribution in [0.25, 0.3) is 0 Å². The van der Waals surface area contributed by atoms with Gasteiger partial charge in [0.1, 0.15) is 0 Å². The molecule has 0 spiro atoms. The zero-order valence-electron chi connectivity index (χ0n) is 8.93. The van der Waals surface area contributed by atoms with Gasteiger partial charge in [-0.3, -0.25) is 0 Å². The fourth-order valence-corrected chi connectivity index (χ4v) is 4.33. The van der Waals surface area contributed by atoms with Gasteiger partial charge in [0.15, 0.2) is 0 Å². The van der Waals surface area contributed by atoms with Crippen molar-refractivity contribution in [3.8, 4) is 0 Å². The topological polar surface area (TPSA) is 0 Å². The third kappa shape index (κ3) is 0.640. The van der Waals surface area contributed by atoms with Crippen molar-refractivity contribution in [2.75, 3.05) is 0 Å². The maximum atomic E-state index is 2.35. The predicted octanol–water partition coefficient (Wildman–Crippen LogP) is 3.64. The SMILES string of the molecule is c1ccc2c(c1)C1c3ccccc3[C@H]3C1[C@@H]23. The van der Waals surface area contributed by atoms with Gasteiger partial charge in [0.05, 0.1) is 0 Å². The number of fused-ring (bicyclic) bond motifs is 7. The molecule has 2 unspecified atom stereocenters. The first-order chi connectivity index (χ1) is 7.97. The van der Waals surface area contributed by atoms with Crippen LogP contribution >= 0.6 is 0 Å². The van der Waals surface area contributed by atoms with E-state index in [1.807, 2.05) is 0 Å². The van der Waals surface area contributed by atoms with Gasteiger partial charge >= 0.3 is 0 Å². The number of rotatable bonds is 0. The Hall–Kier alpha value is -1.56. The monoisotopic (exact) mass is 204 g/mol. The van der Waals surface area contributed by atoms with E-state index in [-0.39, 0.29) is 0 Å². The van der Waals surface area contributed by atoms with E-state index in [0.29, 0.717) is 0 Å². The molecule has 1 fully saturated rings. The summed E-state index contributed by atoms with van der Waals surface area (Å²) in [6.45, 7) is 0. The van der Waals surface area contributed by atoms with E-state index in [1.54, 1.807) is 22.3 Å². The smallest absolute Gasteiger partial charge is 0.0135 e. The molecule has 0 N–H and O–H groups in total. The Bertz CT molecular complexity index is 557. The molecule has 3 aliphatic rings. The zero-order valence-corrected chi connectivity index (χ0v) is 8.93. The first-order valence-electron chi connectivity index (χ1n) is 6.14. The second-order valence-corrected chi connectivity index (χ2v) is 5.36. The molecule has 0 heteroatoms. The molecule has 0 heterocycles. The first kappa shape index (κ1) is 7.67. The Balaban J connectivity index is 1.85. The van der Waals surface area contributed by atoms with Gasteiger partial charge in [-0.25, -0.2) is 0 Å². The van der Waals surface area contributed by atoms with Crippen molar-refractivity contribution in [3.63, 3.8) is 0 Å². The van der Waals surface area contributed by atoms with Gasteiger partial charge in [-0.1, -0.05) is 48.5 Å². The Labute approximate surface area is 94.9 Å². The molecule has 4 atom stereocenters. The number of hydrogen-bond donors (Lipinski definition) is 0. The summed E-state index contributed by atoms with van der Waals surface area (Å²) >= 11 is 0. The van der Waals surface area contributed by atoms with Gasteiger partial charge in [-0.05, 0) is 40.0 Å². The molecule has 0 amide bonds. The van der Waals surface area contributed by atoms with Gasteiger partial charge in [-0.2, -0.15) is 0 Å². The second-order valence-electron chi connectivity index (χ2n) is 5.36. The Morgan fingerprint density at radius 1 is 0.562 bits per heavy atom. The van der Waals surface area contributed by atoms with E-state index < -0.39 is 0 Å². The van der Waals surface area contributed by atoms with Crippen molar-refractivity contribution in [3.05, 3.63) is 70.8 Å². The van der Waals surface area contributed by atoms with E-state index in [9.17, 15) is 0 Å². The van der Waals surface area contributed by atoms with Crippen molar-refractivity contribution in [2.45, 2.75) is 17.8 Å².